The molecule has 0 saturated heterocycles. The van der Waals surface area contributed by atoms with Crippen LogP contribution in [0.5, 0.6) is 0 Å². The van der Waals surface area contributed by atoms with Crippen molar-refractivity contribution in [3.8, 4) is 0 Å². The number of nitrogens with one attached hydrogen (secondary N) is 1. The molecule has 0 bridgehead atoms. The summed E-state index contributed by atoms with van der Waals surface area (Å²) in [6.07, 6.45) is 1.14. The summed E-state index contributed by atoms with van der Waals surface area (Å²) >= 11 is 0. The number of hydrogen-bond donors (Lipinski definition) is 2. The predicted molar refractivity (Wildman–Crippen MR) is 60.4 cm³/mol. The van der Waals surface area contributed by atoms with Gasteiger partial charge in [0.25, 0.3) is 6.20 Å². The highest BCUT2D eigenvalue weighted by Crippen LogP contribution is 2.24. The smallest absolute Gasteiger partial charge is 0.320 e. The predicted octanol–water partition coefficient (Wildman–Crippen LogP) is 0.121. The maximum absolute atomic E-state index is 11.6. The number of aromatic nitrogens is 2. The molecular weight excluding hydrogens is 208 g/mol. The Hall–Kier alpha value is -2.24. The van der Waals surface area contributed by atoms with Crippen molar-refractivity contribution < 1.29 is 9.69 Å². The lowest BCUT2D eigenvalue weighted by Crippen LogP contribution is -2.60. The highest BCUT2D eigenvalue weighted by molar-refractivity contribution is 5.95. The van der Waals surface area contributed by atoms with E-state index >= 15 is 0 Å². The molecule has 0 saturated carbocycles. The average molecular weight is 220 g/mol. The summed E-state index contributed by atoms with van der Waals surface area (Å²) < 4.78 is 0. The second kappa shape index (κ2) is 3.73. The van der Waals surface area contributed by atoms with Gasteiger partial charge in [0, 0.05) is 18.3 Å². The van der Waals surface area contributed by atoms with Crippen LogP contribution < -0.4 is 20.7 Å². The first-order valence-electron chi connectivity index (χ1n) is 4.93. The lowest BCUT2D eigenvalue weighted by molar-refractivity contribution is -1.18. The fourth-order valence-corrected chi connectivity index (χ4v) is 1.64. The lowest BCUT2D eigenvalue weighted by atomic mass is 10.1. The molecule has 16 heavy (non-hydrogen) atoms. The van der Waals surface area contributed by atoms with E-state index in [1.54, 1.807) is 12.1 Å². The van der Waals surface area contributed by atoms with E-state index in [9.17, 15) is 10.4 Å². The summed E-state index contributed by atoms with van der Waals surface area (Å²) in [6, 6.07) is 4.93. The Morgan fingerprint density at radius 2 is 2.06 bits per heavy atom. The van der Waals surface area contributed by atoms with E-state index in [1.807, 2.05) is 6.92 Å². The molecule has 1 heterocycles. The molecule has 1 aromatic carbocycles. The highest BCUT2D eigenvalue weighted by atomic mass is 16.6. The SMILES string of the molecule is CCNc1ccc(N)c2cc[n+]([O-])[n+]([O-])c12. The van der Waals surface area contributed by atoms with E-state index in [1.165, 1.54) is 6.07 Å². The Bertz CT molecular complexity index is 542. The normalized spacial score (nSPS) is 10.6. The first-order valence-corrected chi connectivity index (χ1v) is 4.93. The van der Waals surface area contributed by atoms with Gasteiger partial charge in [0.15, 0.2) is 0 Å². The van der Waals surface area contributed by atoms with E-state index in [0.717, 1.165) is 6.20 Å². The maximum Gasteiger partial charge on any atom is 0.320 e. The van der Waals surface area contributed by atoms with Crippen LogP contribution in [0.25, 0.3) is 10.9 Å². The van der Waals surface area contributed by atoms with Crippen LogP contribution in [0.3, 0.4) is 0 Å². The molecule has 0 aliphatic rings. The van der Waals surface area contributed by atoms with E-state index in [2.05, 4.69) is 5.32 Å². The van der Waals surface area contributed by atoms with Crippen LogP contribution in [0.4, 0.5) is 11.4 Å². The summed E-state index contributed by atoms with van der Waals surface area (Å²) in [5, 5.41) is 26.4. The second-order valence-corrected chi connectivity index (χ2v) is 3.39. The summed E-state index contributed by atoms with van der Waals surface area (Å²) in [4.78, 5) is 0.506. The van der Waals surface area contributed by atoms with E-state index in [4.69, 9.17) is 5.73 Å². The van der Waals surface area contributed by atoms with Crippen molar-refractivity contribution in [2.45, 2.75) is 6.92 Å². The van der Waals surface area contributed by atoms with Crippen molar-refractivity contribution in [1.82, 2.24) is 0 Å². The quantitative estimate of drug-likeness (QED) is 0.427. The molecule has 2 rings (SSSR count). The first-order chi connectivity index (χ1) is 7.65. The number of fused-ring (bicyclic) bond motifs is 1. The van der Waals surface area contributed by atoms with Gasteiger partial charge in [0.2, 0.25) is 0 Å². The van der Waals surface area contributed by atoms with Crippen molar-refractivity contribution in [1.29, 1.82) is 0 Å². The molecule has 6 nitrogen and oxygen atoms in total. The second-order valence-electron chi connectivity index (χ2n) is 3.39. The van der Waals surface area contributed by atoms with Gasteiger partial charge in [-0.15, -0.1) is 0 Å². The van der Waals surface area contributed by atoms with Gasteiger partial charge >= 0.3 is 5.52 Å². The minimum Gasteiger partial charge on any atom is -0.561 e. The van der Waals surface area contributed by atoms with Crippen LogP contribution in [0.15, 0.2) is 24.4 Å². The monoisotopic (exact) mass is 220 g/mol. The number of nitrogen functional groups attached to an aromatic ring is 1. The third kappa shape index (κ3) is 1.44. The molecule has 0 aliphatic carbocycles. The Kier molecular flexibility index (Phi) is 2.40. The zero-order valence-electron chi connectivity index (χ0n) is 8.80. The van der Waals surface area contributed by atoms with Crippen molar-refractivity contribution >= 4 is 22.3 Å². The third-order valence-corrected chi connectivity index (χ3v) is 2.36. The molecule has 0 unspecified atom stereocenters. The van der Waals surface area contributed by atoms with E-state index < -0.39 is 0 Å². The van der Waals surface area contributed by atoms with Crippen molar-refractivity contribution in [3.05, 3.63) is 34.8 Å². The molecule has 2 aromatic rings. The third-order valence-electron chi connectivity index (χ3n) is 2.36. The molecule has 0 aliphatic heterocycles. The number of nitrogens with two attached hydrogens (primary N) is 1. The standard InChI is InChI=1S/C10H12N4O2/c1-2-12-9-4-3-8(11)7-5-6-13(15)14(16)10(7)9/h3-6,12H,2,11H2,1H3. The Labute approximate surface area is 92.1 Å². The summed E-state index contributed by atoms with van der Waals surface area (Å²) in [5.74, 6) is 0. The van der Waals surface area contributed by atoms with Gasteiger partial charge < -0.3 is 21.5 Å². The fourth-order valence-electron chi connectivity index (χ4n) is 1.64. The van der Waals surface area contributed by atoms with Crippen molar-refractivity contribution in [2.24, 2.45) is 0 Å². The number of benzene rings is 1. The molecule has 0 spiro atoms. The van der Waals surface area contributed by atoms with Crippen molar-refractivity contribution in [2.75, 3.05) is 17.6 Å². The first kappa shape index (κ1) is 10.3. The van der Waals surface area contributed by atoms with Gasteiger partial charge in [0.1, 0.15) is 5.69 Å². The molecule has 0 radical (unpaired) electrons. The molecule has 0 atom stereocenters. The van der Waals surface area contributed by atoms with Crippen LogP contribution in [0.2, 0.25) is 0 Å². The molecule has 0 fully saturated rings. The van der Waals surface area contributed by atoms with E-state index in [0.29, 0.717) is 23.3 Å². The number of nitrogens with zero attached hydrogens (tertiary/aromatic N) is 2. The van der Waals surface area contributed by atoms with Crippen molar-refractivity contribution in [3.63, 3.8) is 0 Å². The largest absolute Gasteiger partial charge is 0.561 e. The molecule has 6 heteroatoms. The van der Waals surface area contributed by atoms with Gasteiger partial charge in [-0.3, -0.25) is 0 Å². The van der Waals surface area contributed by atoms with Crippen LogP contribution in [-0.4, -0.2) is 6.54 Å². The molecule has 0 amide bonds. The minimum atomic E-state index is 0.225. The van der Waals surface area contributed by atoms with Crippen LogP contribution in [-0.2, 0) is 0 Å². The Morgan fingerprint density at radius 1 is 1.31 bits per heavy atom. The zero-order valence-corrected chi connectivity index (χ0v) is 8.80. The fraction of sp³-hybridized carbons (Fsp3) is 0.200. The summed E-state index contributed by atoms with van der Waals surface area (Å²) in [5.41, 5.74) is 7.09. The summed E-state index contributed by atoms with van der Waals surface area (Å²) in [6.45, 7) is 2.57. The van der Waals surface area contributed by atoms with E-state index in [-0.39, 0.29) is 15.2 Å². The minimum absolute atomic E-state index is 0.225. The summed E-state index contributed by atoms with van der Waals surface area (Å²) in [7, 11) is 0. The number of rotatable bonds is 2. The maximum atomic E-state index is 11.6. The van der Waals surface area contributed by atoms with Gasteiger partial charge in [-0.2, -0.15) is 0 Å². The Morgan fingerprint density at radius 3 is 2.75 bits per heavy atom. The molecule has 84 valence electrons. The topological polar surface area (TPSA) is 91.9 Å². The van der Waals surface area contributed by atoms with Gasteiger partial charge in [-0.25, -0.2) is 0 Å². The van der Waals surface area contributed by atoms with Gasteiger partial charge in [0.05, 0.1) is 15.1 Å². The lowest BCUT2D eigenvalue weighted by Gasteiger charge is -2.07. The molecular formula is C10H12N4O2. The number of anilines is 2. The Balaban J connectivity index is 2.83. The van der Waals surface area contributed by atoms with Crippen LogP contribution >= 0.6 is 0 Å². The van der Waals surface area contributed by atoms with Gasteiger partial charge in [-0.05, 0) is 19.1 Å². The van der Waals surface area contributed by atoms with Crippen LogP contribution in [0, 0.1) is 10.4 Å². The van der Waals surface area contributed by atoms with Gasteiger partial charge in [-0.1, -0.05) is 0 Å². The molecule has 3 N–H and O–H groups in total. The highest BCUT2D eigenvalue weighted by Gasteiger charge is 2.18. The average Bonchev–Trinajstić information content (AvgIpc) is 2.27. The number of hydrogen-bond acceptors (Lipinski definition) is 4. The van der Waals surface area contributed by atoms with Crippen LogP contribution in [0.1, 0.15) is 6.92 Å². The zero-order chi connectivity index (χ0) is 11.7. The molecule has 1 aromatic heterocycles.